The van der Waals surface area contributed by atoms with Gasteiger partial charge in [0.05, 0.1) is 6.61 Å². The molecule has 4 rings (SSSR count). The molecule has 0 aliphatic heterocycles. The first-order valence-electron chi connectivity index (χ1n) is 12.6. The molecule has 0 heterocycles. The van der Waals surface area contributed by atoms with Crippen LogP contribution in [0.5, 0.6) is 0 Å². The molecule has 0 amide bonds. The fourth-order valence-electron chi connectivity index (χ4n) is 9.05. The van der Waals surface area contributed by atoms with Crippen molar-refractivity contribution in [3.8, 4) is 0 Å². The maximum absolute atomic E-state index is 11.9. The summed E-state index contributed by atoms with van der Waals surface area (Å²) in [6.07, 6.45) is 16.4. The van der Waals surface area contributed by atoms with Gasteiger partial charge in [-0.2, -0.15) is 0 Å². The van der Waals surface area contributed by atoms with Crippen LogP contribution in [0.25, 0.3) is 0 Å². The van der Waals surface area contributed by atoms with E-state index < -0.39 is 0 Å². The van der Waals surface area contributed by atoms with Crippen LogP contribution >= 0.6 is 0 Å². The second-order valence-electron chi connectivity index (χ2n) is 11.5. The molecular formula is C26H44O2. The zero-order chi connectivity index (χ0) is 19.9. The van der Waals surface area contributed by atoms with Gasteiger partial charge in [0, 0.05) is 6.42 Å². The van der Waals surface area contributed by atoms with Crippen molar-refractivity contribution in [1.29, 1.82) is 0 Å². The molecule has 160 valence electrons. The predicted molar refractivity (Wildman–Crippen MR) is 115 cm³/mol. The first-order valence-corrected chi connectivity index (χ1v) is 12.6. The van der Waals surface area contributed by atoms with Crippen LogP contribution in [0.1, 0.15) is 105 Å². The standard InChI is InChI=1S/C26H44O2/c1-5-28-24(27)14-9-18(2)21-12-13-22-20-11-10-19-8-6-7-16-25(19,3)23(20)15-17-26(21,22)4/h18-23H,5-17H2,1-4H3/t18-,19+,20+,21-,22+,23+,25-,26-/m0/s1. The van der Waals surface area contributed by atoms with E-state index in [1.54, 1.807) is 0 Å². The lowest BCUT2D eigenvalue weighted by Gasteiger charge is -2.61. The van der Waals surface area contributed by atoms with E-state index >= 15 is 0 Å². The Balaban J connectivity index is 1.45. The third-order valence-electron chi connectivity index (χ3n) is 10.5. The van der Waals surface area contributed by atoms with Crippen LogP contribution in [0.15, 0.2) is 0 Å². The van der Waals surface area contributed by atoms with Crippen LogP contribution in [0, 0.1) is 46.3 Å². The van der Waals surface area contributed by atoms with Gasteiger partial charge in [-0.3, -0.25) is 4.79 Å². The average molecular weight is 389 g/mol. The highest BCUT2D eigenvalue weighted by atomic mass is 16.5. The SMILES string of the molecule is CCOC(=O)CC[C@H](C)[C@@H]1CC[C@@H]2[C@H]3CC[C@H]4CCCC[C@]4(C)[C@@H]3CC[C@]21C. The summed E-state index contributed by atoms with van der Waals surface area (Å²) >= 11 is 0. The summed E-state index contributed by atoms with van der Waals surface area (Å²) in [5.41, 5.74) is 1.17. The van der Waals surface area contributed by atoms with E-state index in [0.29, 0.717) is 29.8 Å². The molecule has 4 aliphatic rings. The Labute approximate surface area is 173 Å². The minimum Gasteiger partial charge on any atom is -0.466 e. The van der Waals surface area contributed by atoms with Crippen LogP contribution in [-0.4, -0.2) is 12.6 Å². The van der Waals surface area contributed by atoms with E-state index in [0.717, 1.165) is 36.0 Å². The lowest BCUT2D eigenvalue weighted by Crippen LogP contribution is -2.53. The number of hydrogen-bond donors (Lipinski definition) is 0. The molecule has 8 atom stereocenters. The van der Waals surface area contributed by atoms with Gasteiger partial charge in [-0.25, -0.2) is 0 Å². The van der Waals surface area contributed by atoms with Gasteiger partial charge in [0.2, 0.25) is 0 Å². The Bertz CT molecular complexity index is 571. The quantitative estimate of drug-likeness (QED) is 0.473. The summed E-state index contributed by atoms with van der Waals surface area (Å²) in [4.78, 5) is 11.9. The van der Waals surface area contributed by atoms with Crippen molar-refractivity contribution in [2.24, 2.45) is 46.3 Å². The molecule has 0 saturated heterocycles. The first kappa shape index (κ1) is 20.7. The van der Waals surface area contributed by atoms with Crippen LogP contribution in [0.2, 0.25) is 0 Å². The third kappa shape index (κ3) is 3.35. The van der Waals surface area contributed by atoms with E-state index in [1.165, 1.54) is 64.2 Å². The van der Waals surface area contributed by atoms with E-state index in [1.807, 2.05) is 6.92 Å². The Morgan fingerprint density at radius 1 is 0.964 bits per heavy atom. The van der Waals surface area contributed by atoms with Crippen LogP contribution in [-0.2, 0) is 9.53 Å². The molecule has 0 bridgehead atoms. The monoisotopic (exact) mass is 388 g/mol. The van der Waals surface area contributed by atoms with Gasteiger partial charge in [-0.1, -0.05) is 33.6 Å². The maximum Gasteiger partial charge on any atom is 0.305 e. The van der Waals surface area contributed by atoms with Crippen molar-refractivity contribution in [3.63, 3.8) is 0 Å². The van der Waals surface area contributed by atoms with Gasteiger partial charge in [0.25, 0.3) is 0 Å². The van der Waals surface area contributed by atoms with Gasteiger partial charge >= 0.3 is 5.97 Å². The zero-order valence-corrected chi connectivity index (χ0v) is 19.0. The molecule has 0 radical (unpaired) electrons. The molecule has 0 unspecified atom stereocenters. The van der Waals surface area contributed by atoms with Crippen LogP contribution in [0.4, 0.5) is 0 Å². The van der Waals surface area contributed by atoms with Gasteiger partial charge < -0.3 is 4.74 Å². The molecular weight excluding hydrogens is 344 g/mol. The Hall–Kier alpha value is -0.530. The first-order chi connectivity index (χ1) is 13.4. The van der Waals surface area contributed by atoms with Crippen molar-refractivity contribution in [1.82, 2.24) is 0 Å². The lowest BCUT2D eigenvalue weighted by atomic mass is 9.44. The summed E-state index contributed by atoms with van der Waals surface area (Å²) in [5.74, 6) is 5.41. The summed E-state index contributed by atoms with van der Waals surface area (Å²) in [5, 5.41) is 0. The summed E-state index contributed by atoms with van der Waals surface area (Å²) in [6, 6.07) is 0. The van der Waals surface area contributed by atoms with Gasteiger partial charge in [0.15, 0.2) is 0 Å². The minimum absolute atomic E-state index is 0.00121. The molecule has 0 aromatic carbocycles. The molecule has 28 heavy (non-hydrogen) atoms. The number of ether oxygens (including phenoxy) is 1. The van der Waals surface area contributed by atoms with Crippen molar-refractivity contribution in [2.45, 2.75) is 105 Å². The number of carbonyl (C=O) groups excluding carboxylic acids is 1. The van der Waals surface area contributed by atoms with Crippen molar-refractivity contribution in [2.75, 3.05) is 6.61 Å². The average Bonchev–Trinajstić information content (AvgIpc) is 3.03. The van der Waals surface area contributed by atoms with E-state index in [-0.39, 0.29) is 5.97 Å². The predicted octanol–water partition coefficient (Wildman–Crippen LogP) is 7.01. The van der Waals surface area contributed by atoms with Crippen molar-refractivity contribution in [3.05, 3.63) is 0 Å². The van der Waals surface area contributed by atoms with Gasteiger partial charge in [-0.15, -0.1) is 0 Å². The van der Waals surface area contributed by atoms with Crippen molar-refractivity contribution >= 4 is 5.97 Å². The highest BCUT2D eigenvalue weighted by molar-refractivity contribution is 5.69. The Morgan fingerprint density at radius 3 is 2.54 bits per heavy atom. The Kier molecular flexibility index (Phi) is 5.89. The number of carbonyl (C=O) groups is 1. The second-order valence-corrected chi connectivity index (χ2v) is 11.5. The maximum atomic E-state index is 11.9. The van der Waals surface area contributed by atoms with Crippen LogP contribution in [0.3, 0.4) is 0 Å². The highest BCUT2D eigenvalue weighted by Crippen LogP contribution is 2.68. The fourth-order valence-corrected chi connectivity index (χ4v) is 9.05. The molecule has 2 nitrogen and oxygen atoms in total. The lowest BCUT2D eigenvalue weighted by molar-refractivity contribution is -0.143. The van der Waals surface area contributed by atoms with E-state index in [4.69, 9.17) is 4.74 Å². The normalized spacial score (nSPS) is 46.2. The van der Waals surface area contributed by atoms with E-state index in [2.05, 4.69) is 20.8 Å². The molecule has 4 aliphatic carbocycles. The molecule has 0 N–H and O–H groups in total. The second kappa shape index (κ2) is 7.95. The van der Waals surface area contributed by atoms with Crippen LogP contribution < -0.4 is 0 Å². The summed E-state index contributed by atoms with van der Waals surface area (Å²) in [7, 11) is 0. The van der Waals surface area contributed by atoms with E-state index in [9.17, 15) is 4.79 Å². The summed E-state index contributed by atoms with van der Waals surface area (Å²) < 4.78 is 5.18. The molecule has 0 spiro atoms. The topological polar surface area (TPSA) is 26.3 Å². The molecule has 4 fully saturated rings. The number of hydrogen-bond acceptors (Lipinski definition) is 2. The smallest absolute Gasteiger partial charge is 0.305 e. The largest absolute Gasteiger partial charge is 0.466 e. The fraction of sp³-hybridized carbons (Fsp3) is 0.962. The summed E-state index contributed by atoms with van der Waals surface area (Å²) in [6.45, 7) is 10.2. The zero-order valence-electron chi connectivity index (χ0n) is 19.0. The molecule has 4 saturated carbocycles. The molecule has 2 heteroatoms. The molecule has 0 aromatic rings. The molecule has 0 aromatic heterocycles. The number of rotatable bonds is 5. The van der Waals surface area contributed by atoms with Crippen molar-refractivity contribution < 1.29 is 9.53 Å². The Morgan fingerprint density at radius 2 is 1.75 bits per heavy atom. The third-order valence-corrected chi connectivity index (χ3v) is 10.5. The number of fused-ring (bicyclic) bond motifs is 5. The van der Waals surface area contributed by atoms with Gasteiger partial charge in [0.1, 0.15) is 0 Å². The highest BCUT2D eigenvalue weighted by Gasteiger charge is 2.60. The minimum atomic E-state index is 0.00121. The number of esters is 1. The van der Waals surface area contributed by atoms with Gasteiger partial charge in [-0.05, 0) is 111 Å².